The van der Waals surface area contributed by atoms with Crippen LogP contribution in [0.4, 0.5) is 0 Å². The van der Waals surface area contributed by atoms with Crippen LogP contribution in [0.15, 0.2) is 0 Å². The predicted octanol–water partition coefficient (Wildman–Crippen LogP) is 1.60. The predicted molar refractivity (Wildman–Crippen MR) is 45.2 cm³/mol. The molecule has 9 heavy (non-hydrogen) atoms. The molecule has 0 aromatic rings. The van der Waals surface area contributed by atoms with Crippen LogP contribution in [0.2, 0.25) is 19.1 Å². The summed E-state index contributed by atoms with van der Waals surface area (Å²) in [6.45, 7) is 6.13. The molecule has 0 saturated carbocycles. The fourth-order valence-corrected chi connectivity index (χ4v) is 1.83. The maximum Gasteiger partial charge on any atom is 0.182 e. The molecule has 51 valence electrons. The van der Waals surface area contributed by atoms with E-state index in [0.29, 0.717) is 0 Å². The van der Waals surface area contributed by atoms with Crippen molar-refractivity contribution >= 4 is 37.9 Å². The number of hydrogen-bond donors (Lipinski definition) is 1. The Morgan fingerprint density at radius 2 is 1.78 bits per heavy atom. The van der Waals surface area contributed by atoms with Gasteiger partial charge in [-0.2, -0.15) is 0 Å². The molecule has 1 N–H and O–H groups in total. The molecule has 0 aromatic carbocycles. The quantitative estimate of drug-likeness (QED) is 0.614. The fourth-order valence-electron chi connectivity index (χ4n) is 0.609. The monoisotopic (exact) mass is 155 g/mol. The van der Waals surface area contributed by atoms with E-state index in [4.69, 9.17) is 0 Å². The van der Waals surface area contributed by atoms with Crippen molar-refractivity contribution in [2.45, 2.75) is 38.9 Å². The average Bonchev–Trinajstić information content (AvgIpc) is 1.59. The summed E-state index contributed by atoms with van der Waals surface area (Å²) in [4.78, 5) is 9.29. The van der Waals surface area contributed by atoms with Gasteiger partial charge in [0, 0.05) is 29.6 Å². The van der Waals surface area contributed by atoms with Gasteiger partial charge in [-0.15, -0.1) is 0 Å². The van der Waals surface area contributed by atoms with E-state index in [-0.39, 0.29) is 29.6 Å². The summed E-state index contributed by atoms with van der Waals surface area (Å²) in [7, 11) is -1.68. The maximum atomic E-state index is 9.29. The molecule has 0 aliphatic rings. The molecule has 0 bridgehead atoms. The Hall–Kier alpha value is 1.18. The molecule has 0 spiro atoms. The van der Waals surface area contributed by atoms with Crippen LogP contribution in [0.25, 0.3) is 0 Å². The summed E-state index contributed by atoms with van der Waals surface area (Å²) < 4.78 is 0. The topological polar surface area (TPSA) is 20.2 Å². The molecule has 1 radical (unpaired) electrons. The van der Waals surface area contributed by atoms with Crippen LogP contribution >= 0.6 is 0 Å². The Kier molecular flexibility index (Phi) is 8.44. The Bertz CT molecular complexity index is 60.6. The largest absolute Gasteiger partial charge is 0.432 e. The zero-order valence-corrected chi connectivity index (χ0v) is 10.1. The second kappa shape index (κ2) is 5.92. The summed E-state index contributed by atoms with van der Waals surface area (Å²) >= 11 is 0. The maximum absolute atomic E-state index is 9.29. The fraction of sp³-hybridized carbons (Fsp3) is 1.00. The van der Waals surface area contributed by atoms with Crippen molar-refractivity contribution in [3.63, 3.8) is 0 Å². The van der Waals surface area contributed by atoms with Crippen molar-refractivity contribution in [3.8, 4) is 0 Å². The normalized spacial score (nSPS) is 10.7. The van der Waals surface area contributed by atoms with Gasteiger partial charge in [-0.05, 0) is 19.1 Å². The number of unbranched alkanes of at least 4 members (excludes halogenated alkanes) is 1. The molecule has 0 aromatic heterocycles. The summed E-state index contributed by atoms with van der Waals surface area (Å²) in [5.41, 5.74) is 0. The summed E-state index contributed by atoms with van der Waals surface area (Å²) in [6, 6.07) is 1.06. The first-order chi connectivity index (χ1) is 3.56. The molecule has 3 heteroatoms. The van der Waals surface area contributed by atoms with Gasteiger partial charge < -0.3 is 4.80 Å². The van der Waals surface area contributed by atoms with E-state index >= 15 is 0 Å². The SMILES string of the molecule is CCCC[Si](C)(C)O.[Na]. The molecule has 0 saturated heterocycles. The second-order valence-corrected chi connectivity index (χ2v) is 7.04. The van der Waals surface area contributed by atoms with Crippen LogP contribution in [0.5, 0.6) is 0 Å². The van der Waals surface area contributed by atoms with Gasteiger partial charge in [-0.25, -0.2) is 0 Å². The van der Waals surface area contributed by atoms with Gasteiger partial charge in [0.1, 0.15) is 0 Å². The second-order valence-electron chi connectivity index (χ2n) is 2.92. The van der Waals surface area contributed by atoms with Crippen molar-refractivity contribution in [2.75, 3.05) is 0 Å². The Morgan fingerprint density at radius 1 is 1.33 bits per heavy atom. The van der Waals surface area contributed by atoms with E-state index in [1.54, 1.807) is 0 Å². The van der Waals surface area contributed by atoms with Gasteiger partial charge in [0.05, 0.1) is 0 Å². The smallest absolute Gasteiger partial charge is 0.182 e. The van der Waals surface area contributed by atoms with Gasteiger partial charge in [0.2, 0.25) is 0 Å². The average molecular weight is 155 g/mol. The number of hydrogen-bond acceptors (Lipinski definition) is 1. The van der Waals surface area contributed by atoms with Crippen molar-refractivity contribution in [1.82, 2.24) is 0 Å². The number of rotatable bonds is 3. The molecule has 0 heterocycles. The molecule has 0 fully saturated rings. The van der Waals surface area contributed by atoms with E-state index < -0.39 is 8.32 Å². The zero-order chi connectivity index (χ0) is 6.62. The van der Waals surface area contributed by atoms with Gasteiger partial charge >= 0.3 is 0 Å². The van der Waals surface area contributed by atoms with Crippen molar-refractivity contribution in [1.29, 1.82) is 0 Å². The molecule has 0 atom stereocenters. The Morgan fingerprint density at radius 3 is 1.89 bits per heavy atom. The van der Waals surface area contributed by atoms with Crippen molar-refractivity contribution in [2.24, 2.45) is 0 Å². The van der Waals surface area contributed by atoms with Gasteiger partial charge in [-0.1, -0.05) is 19.8 Å². The van der Waals surface area contributed by atoms with E-state index in [9.17, 15) is 4.80 Å². The third-order valence-electron chi connectivity index (χ3n) is 1.14. The molecule has 0 aliphatic carbocycles. The summed E-state index contributed by atoms with van der Waals surface area (Å²) in [5.74, 6) is 0. The molecule has 0 unspecified atom stereocenters. The molecule has 1 nitrogen and oxygen atoms in total. The minimum Gasteiger partial charge on any atom is -0.432 e. The van der Waals surface area contributed by atoms with Crippen LogP contribution in [-0.2, 0) is 0 Å². The van der Waals surface area contributed by atoms with Crippen LogP contribution in [-0.4, -0.2) is 42.7 Å². The van der Waals surface area contributed by atoms with Crippen LogP contribution in [0.1, 0.15) is 19.8 Å². The first-order valence-corrected chi connectivity index (χ1v) is 6.44. The van der Waals surface area contributed by atoms with Crippen LogP contribution in [0, 0.1) is 0 Å². The molecule has 0 rings (SSSR count). The molecule has 0 amide bonds. The van der Waals surface area contributed by atoms with Gasteiger partial charge in [-0.3, -0.25) is 0 Å². The minimum atomic E-state index is -1.68. The molecular weight excluding hydrogens is 139 g/mol. The molecular formula is C6H16NaOSi. The van der Waals surface area contributed by atoms with E-state index in [2.05, 4.69) is 6.92 Å². The van der Waals surface area contributed by atoms with Crippen molar-refractivity contribution in [3.05, 3.63) is 0 Å². The van der Waals surface area contributed by atoms with E-state index in [0.717, 1.165) is 6.04 Å². The standard InChI is InChI=1S/C6H16OSi.Na/c1-4-5-6-8(2,3)7;/h7H,4-6H2,1-3H3;. The first kappa shape index (κ1) is 12.8. The van der Waals surface area contributed by atoms with E-state index in [1.165, 1.54) is 12.8 Å². The van der Waals surface area contributed by atoms with Crippen LogP contribution < -0.4 is 0 Å². The van der Waals surface area contributed by atoms with Gasteiger partial charge in [0.25, 0.3) is 0 Å². The Balaban J connectivity index is 0. The molecule has 0 aliphatic heterocycles. The van der Waals surface area contributed by atoms with Crippen molar-refractivity contribution < 1.29 is 4.80 Å². The summed E-state index contributed by atoms with van der Waals surface area (Å²) in [5, 5.41) is 0. The van der Waals surface area contributed by atoms with E-state index in [1.807, 2.05) is 13.1 Å². The third-order valence-corrected chi connectivity index (χ3v) is 2.72. The van der Waals surface area contributed by atoms with Gasteiger partial charge in [0.15, 0.2) is 8.32 Å². The zero-order valence-electron chi connectivity index (χ0n) is 7.07. The third kappa shape index (κ3) is 12.4. The summed E-state index contributed by atoms with van der Waals surface area (Å²) in [6.07, 6.45) is 2.40. The minimum absolute atomic E-state index is 0. The van der Waals surface area contributed by atoms with Crippen LogP contribution in [0.3, 0.4) is 0 Å². The first-order valence-electron chi connectivity index (χ1n) is 3.28. The Labute approximate surface area is 81.3 Å².